The predicted molar refractivity (Wildman–Crippen MR) is 132 cm³/mol. The molecule has 0 radical (unpaired) electrons. The van der Waals surface area contributed by atoms with E-state index < -0.39 is 0 Å². The molecule has 0 aromatic heterocycles. The van der Waals surface area contributed by atoms with Gasteiger partial charge >= 0.3 is 0 Å². The molecule has 168 valence electrons. The first-order chi connectivity index (χ1) is 13.5. The highest BCUT2D eigenvalue weighted by Crippen LogP contribution is 2.20. The second kappa shape index (κ2) is 16.7. The Labute approximate surface area is 194 Å². The third-order valence-electron chi connectivity index (χ3n) is 4.49. The Hall–Kier alpha value is -1.06. The maximum absolute atomic E-state index is 5.96. The quantitative estimate of drug-likeness (QED) is 0.177. The molecule has 1 atom stereocenters. The number of rotatable bonds is 13. The Morgan fingerprint density at radius 2 is 1.93 bits per heavy atom. The van der Waals surface area contributed by atoms with Crippen molar-refractivity contribution >= 4 is 29.9 Å². The lowest BCUT2D eigenvalue weighted by molar-refractivity contribution is 0.0258. The van der Waals surface area contributed by atoms with Gasteiger partial charge in [-0.1, -0.05) is 26.0 Å². The van der Waals surface area contributed by atoms with Crippen LogP contribution in [0.2, 0.25) is 0 Å². The van der Waals surface area contributed by atoms with Crippen LogP contribution in [-0.4, -0.2) is 52.6 Å². The largest absolute Gasteiger partial charge is 0.493 e. The van der Waals surface area contributed by atoms with Gasteiger partial charge in [0, 0.05) is 52.4 Å². The van der Waals surface area contributed by atoms with E-state index in [0.717, 1.165) is 43.3 Å². The molecule has 0 aliphatic heterocycles. The zero-order valence-corrected chi connectivity index (χ0v) is 21.2. The summed E-state index contributed by atoms with van der Waals surface area (Å²) in [4.78, 5) is 4.32. The van der Waals surface area contributed by atoms with Crippen LogP contribution in [0.5, 0.6) is 5.75 Å². The number of ether oxygens (including phenoxy) is 3. The summed E-state index contributed by atoms with van der Waals surface area (Å²) in [6.45, 7) is 12.1. The zero-order valence-electron chi connectivity index (χ0n) is 18.9. The van der Waals surface area contributed by atoms with Crippen molar-refractivity contribution < 1.29 is 14.2 Å². The minimum Gasteiger partial charge on any atom is -0.493 e. The molecule has 0 bridgehead atoms. The first-order valence-electron chi connectivity index (χ1n) is 10.3. The molecule has 29 heavy (non-hydrogen) atoms. The summed E-state index contributed by atoms with van der Waals surface area (Å²) in [6.07, 6.45) is 2.09. The van der Waals surface area contributed by atoms with Crippen LogP contribution in [0.1, 0.15) is 44.7 Å². The van der Waals surface area contributed by atoms with E-state index in [-0.39, 0.29) is 30.1 Å². The molecule has 2 N–H and O–H groups in total. The van der Waals surface area contributed by atoms with Crippen molar-refractivity contribution in [3.63, 3.8) is 0 Å². The van der Waals surface area contributed by atoms with E-state index in [9.17, 15) is 0 Å². The highest BCUT2D eigenvalue weighted by molar-refractivity contribution is 14.0. The van der Waals surface area contributed by atoms with Gasteiger partial charge in [0.15, 0.2) is 5.96 Å². The monoisotopic (exact) mass is 521 g/mol. The van der Waals surface area contributed by atoms with E-state index in [4.69, 9.17) is 14.2 Å². The van der Waals surface area contributed by atoms with Crippen molar-refractivity contribution in [2.45, 2.75) is 53.2 Å². The third kappa shape index (κ3) is 11.6. The van der Waals surface area contributed by atoms with Crippen LogP contribution >= 0.6 is 24.0 Å². The molecule has 0 spiro atoms. The number of aryl methyl sites for hydroxylation is 1. The normalized spacial score (nSPS) is 12.4. The van der Waals surface area contributed by atoms with E-state index in [1.165, 1.54) is 5.56 Å². The number of methoxy groups -OCH3 is 1. The van der Waals surface area contributed by atoms with Crippen LogP contribution in [0, 0.1) is 12.8 Å². The van der Waals surface area contributed by atoms with E-state index in [0.29, 0.717) is 25.7 Å². The van der Waals surface area contributed by atoms with Crippen LogP contribution in [0.3, 0.4) is 0 Å². The molecule has 0 amide bonds. The van der Waals surface area contributed by atoms with Crippen LogP contribution < -0.4 is 15.4 Å². The number of hydrogen-bond acceptors (Lipinski definition) is 4. The first kappa shape index (κ1) is 27.9. The molecule has 6 nitrogen and oxygen atoms in total. The second-order valence-corrected chi connectivity index (χ2v) is 7.19. The van der Waals surface area contributed by atoms with Crippen molar-refractivity contribution in [2.24, 2.45) is 10.9 Å². The molecule has 0 aliphatic rings. The zero-order chi connectivity index (χ0) is 20.8. The Kier molecular flexibility index (Phi) is 16.1. The summed E-state index contributed by atoms with van der Waals surface area (Å²) in [5.74, 6) is 2.20. The molecule has 0 aliphatic carbocycles. The highest BCUT2D eigenvalue weighted by atomic mass is 127. The van der Waals surface area contributed by atoms with Crippen LogP contribution in [0.15, 0.2) is 23.2 Å². The molecule has 1 unspecified atom stereocenters. The number of halogens is 1. The number of nitrogens with one attached hydrogen (secondary N) is 2. The van der Waals surface area contributed by atoms with Gasteiger partial charge in [0.2, 0.25) is 0 Å². The molecular formula is C22H40IN3O3. The average molecular weight is 521 g/mol. The lowest BCUT2D eigenvalue weighted by Crippen LogP contribution is -2.39. The summed E-state index contributed by atoms with van der Waals surface area (Å²) >= 11 is 0. The first-order valence-corrected chi connectivity index (χ1v) is 10.3. The number of nitrogens with zero attached hydrogens (tertiary/aromatic N) is 1. The van der Waals surface area contributed by atoms with E-state index in [2.05, 4.69) is 54.6 Å². The maximum atomic E-state index is 5.96. The van der Waals surface area contributed by atoms with Gasteiger partial charge in [0.05, 0.1) is 12.7 Å². The molecule has 7 heteroatoms. The topological polar surface area (TPSA) is 64.1 Å². The SMILES string of the molecule is CCOC(CCNC(=NC)NCc1ccc(C)cc1OCCCOC)C(C)C.I. The summed E-state index contributed by atoms with van der Waals surface area (Å²) in [5.41, 5.74) is 2.30. The molecule has 1 aromatic carbocycles. The number of benzene rings is 1. The Morgan fingerprint density at radius 3 is 2.55 bits per heavy atom. The molecule has 1 aromatic rings. The number of aliphatic imine (C=N–C) groups is 1. The molecular weight excluding hydrogens is 481 g/mol. The van der Waals surface area contributed by atoms with Crippen molar-refractivity contribution in [1.82, 2.24) is 10.6 Å². The molecule has 0 saturated carbocycles. The third-order valence-corrected chi connectivity index (χ3v) is 4.49. The minimum atomic E-state index is 0. The Balaban J connectivity index is 0.00000784. The average Bonchev–Trinajstić information content (AvgIpc) is 2.68. The fraction of sp³-hybridized carbons (Fsp3) is 0.682. The van der Waals surface area contributed by atoms with E-state index in [1.54, 1.807) is 14.2 Å². The van der Waals surface area contributed by atoms with Crippen molar-refractivity contribution in [3.05, 3.63) is 29.3 Å². The Morgan fingerprint density at radius 1 is 1.17 bits per heavy atom. The lowest BCUT2D eigenvalue weighted by atomic mass is 10.0. The lowest BCUT2D eigenvalue weighted by Gasteiger charge is -2.21. The standard InChI is InChI=1S/C22H39N3O3.HI/c1-7-27-20(17(2)3)11-12-24-22(23-5)25-16-19-10-9-18(4)15-21(19)28-14-8-13-26-6;/h9-10,15,17,20H,7-8,11-14,16H2,1-6H3,(H2,23,24,25);1H. The van der Waals surface area contributed by atoms with Gasteiger partial charge in [-0.2, -0.15) is 0 Å². The van der Waals surface area contributed by atoms with Gasteiger partial charge in [-0.25, -0.2) is 0 Å². The van der Waals surface area contributed by atoms with Crippen molar-refractivity contribution in [3.8, 4) is 5.75 Å². The van der Waals surface area contributed by atoms with Crippen LogP contribution in [-0.2, 0) is 16.0 Å². The second-order valence-electron chi connectivity index (χ2n) is 7.19. The molecule has 1 rings (SSSR count). The fourth-order valence-electron chi connectivity index (χ4n) is 2.88. The number of guanidine groups is 1. The van der Waals surface area contributed by atoms with Gasteiger partial charge < -0.3 is 24.8 Å². The maximum Gasteiger partial charge on any atom is 0.191 e. The van der Waals surface area contributed by atoms with Crippen LogP contribution in [0.4, 0.5) is 0 Å². The van der Waals surface area contributed by atoms with Crippen molar-refractivity contribution in [1.29, 1.82) is 0 Å². The van der Waals surface area contributed by atoms with Crippen molar-refractivity contribution in [2.75, 3.05) is 40.5 Å². The molecule has 0 heterocycles. The van der Waals surface area contributed by atoms with Gasteiger partial charge in [0.1, 0.15) is 5.75 Å². The molecule has 0 saturated heterocycles. The summed E-state index contributed by atoms with van der Waals surface area (Å²) in [5, 5.41) is 6.75. The predicted octanol–water partition coefficient (Wildman–Crippen LogP) is 4.14. The highest BCUT2D eigenvalue weighted by Gasteiger charge is 2.13. The van der Waals surface area contributed by atoms with E-state index in [1.807, 2.05) is 6.92 Å². The van der Waals surface area contributed by atoms with E-state index >= 15 is 0 Å². The van der Waals surface area contributed by atoms with Gasteiger partial charge in [-0.3, -0.25) is 4.99 Å². The summed E-state index contributed by atoms with van der Waals surface area (Å²) < 4.78 is 16.8. The molecule has 0 fully saturated rings. The smallest absolute Gasteiger partial charge is 0.191 e. The van der Waals surface area contributed by atoms with Gasteiger partial charge in [-0.15, -0.1) is 24.0 Å². The summed E-state index contributed by atoms with van der Waals surface area (Å²) in [7, 11) is 3.49. The summed E-state index contributed by atoms with van der Waals surface area (Å²) in [6, 6.07) is 6.28. The minimum absolute atomic E-state index is 0. The van der Waals surface area contributed by atoms with Gasteiger partial charge in [0.25, 0.3) is 0 Å². The van der Waals surface area contributed by atoms with Gasteiger partial charge in [-0.05, 0) is 37.8 Å². The van der Waals surface area contributed by atoms with Crippen LogP contribution in [0.25, 0.3) is 0 Å². The fourth-order valence-corrected chi connectivity index (χ4v) is 2.88. The number of hydrogen-bond donors (Lipinski definition) is 2. The Bertz CT molecular complexity index is 582.